The van der Waals surface area contributed by atoms with Crippen molar-refractivity contribution in [3.63, 3.8) is 0 Å². The highest BCUT2D eigenvalue weighted by molar-refractivity contribution is 5.59. The Bertz CT molecular complexity index is 619. The topological polar surface area (TPSA) is 12.0 Å². The molecule has 2 heteroatoms. The van der Waals surface area contributed by atoms with Crippen LogP contribution in [0.15, 0.2) is 36.4 Å². The van der Waals surface area contributed by atoms with Crippen LogP contribution in [0.3, 0.4) is 0 Å². The van der Waals surface area contributed by atoms with Crippen LogP contribution in [0.2, 0.25) is 0 Å². The molecule has 1 aliphatic heterocycles. The molecule has 1 aliphatic rings. The van der Waals surface area contributed by atoms with E-state index in [2.05, 4.69) is 23.5 Å². The van der Waals surface area contributed by atoms with E-state index in [0.29, 0.717) is 0 Å². The second kappa shape index (κ2) is 5.66. The molecule has 0 bridgehead atoms. The van der Waals surface area contributed by atoms with E-state index in [1.807, 2.05) is 13.0 Å². The van der Waals surface area contributed by atoms with E-state index in [-0.39, 0.29) is 5.82 Å². The number of benzene rings is 2. The molecule has 1 heterocycles. The third kappa shape index (κ3) is 2.69. The molecule has 0 radical (unpaired) electrons. The zero-order chi connectivity index (χ0) is 13.9. The molecule has 2 aromatic rings. The molecule has 0 spiro atoms. The monoisotopic (exact) mass is 269 g/mol. The Morgan fingerprint density at radius 3 is 2.80 bits per heavy atom. The minimum absolute atomic E-state index is 0.148. The van der Waals surface area contributed by atoms with Crippen molar-refractivity contribution in [3.05, 3.63) is 64.5 Å². The minimum Gasteiger partial charge on any atom is -0.385 e. The summed E-state index contributed by atoms with van der Waals surface area (Å²) in [6.07, 6.45) is 4.35. The van der Waals surface area contributed by atoms with E-state index in [9.17, 15) is 4.39 Å². The average molecular weight is 269 g/mol. The highest BCUT2D eigenvalue weighted by Crippen LogP contribution is 2.27. The fourth-order valence-electron chi connectivity index (χ4n) is 3.00. The number of hydrogen-bond acceptors (Lipinski definition) is 1. The van der Waals surface area contributed by atoms with Gasteiger partial charge >= 0.3 is 0 Å². The molecular formula is C18H20FN. The quantitative estimate of drug-likeness (QED) is 0.877. The average Bonchev–Trinajstić information content (AvgIpc) is 2.46. The van der Waals surface area contributed by atoms with Gasteiger partial charge in [-0.2, -0.15) is 0 Å². The van der Waals surface area contributed by atoms with E-state index in [1.54, 1.807) is 12.1 Å². The molecule has 3 rings (SSSR count). The van der Waals surface area contributed by atoms with Gasteiger partial charge in [0.2, 0.25) is 0 Å². The molecule has 0 saturated heterocycles. The van der Waals surface area contributed by atoms with Crippen molar-refractivity contribution in [1.29, 1.82) is 0 Å². The zero-order valence-corrected chi connectivity index (χ0v) is 11.9. The van der Waals surface area contributed by atoms with Crippen molar-refractivity contribution in [2.75, 3.05) is 11.9 Å². The first kappa shape index (κ1) is 13.2. The maximum absolute atomic E-state index is 13.1. The summed E-state index contributed by atoms with van der Waals surface area (Å²) >= 11 is 0. The summed E-state index contributed by atoms with van der Waals surface area (Å²) < 4.78 is 13.1. The molecule has 0 fully saturated rings. The fraction of sp³-hybridized carbons (Fsp3) is 0.333. The predicted molar refractivity (Wildman–Crippen MR) is 81.8 cm³/mol. The number of aryl methyl sites for hydroxylation is 4. The Hall–Kier alpha value is -1.83. The van der Waals surface area contributed by atoms with Gasteiger partial charge in [0.05, 0.1) is 0 Å². The standard InChI is InChI=1S/C18H20FN/c1-13-12-17(19)10-9-14(13)7-8-16-5-2-4-15-6-3-11-20-18(15)16/h2,4-5,9-10,12,20H,3,6-8,11H2,1H3. The Labute approximate surface area is 119 Å². The SMILES string of the molecule is Cc1cc(F)ccc1CCc1cccc2c1NCCC2. The number of halogens is 1. The molecule has 104 valence electrons. The minimum atomic E-state index is -0.148. The van der Waals surface area contributed by atoms with Gasteiger partial charge in [-0.1, -0.05) is 24.3 Å². The van der Waals surface area contributed by atoms with E-state index in [0.717, 1.165) is 24.9 Å². The third-order valence-corrected chi connectivity index (χ3v) is 4.13. The van der Waals surface area contributed by atoms with Gasteiger partial charge in [0.25, 0.3) is 0 Å². The smallest absolute Gasteiger partial charge is 0.123 e. The van der Waals surface area contributed by atoms with Crippen LogP contribution in [-0.2, 0) is 19.3 Å². The van der Waals surface area contributed by atoms with E-state index >= 15 is 0 Å². The van der Waals surface area contributed by atoms with E-state index < -0.39 is 0 Å². The van der Waals surface area contributed by atoms with E-state index in [4.69, 9.17) is 0 Å². The fourth-order valence-corrected chi connectivity index (χ4v) is 3.00. The molecular weight excluding hydrogens is 249 g/mol. The summed E-state index contributed by atoms with van der Waals surface area (Å²) in [6, 6.07) is 11.7. The molecule has 0 atom stereocenters. The molecule has 0 saturated carbocycles. The lowest BCUT2D eigenvalue weighted by atomic mass is 9.95. The second-order valence-electron chi connectivity index (χ2n) is 5.55. The highest BCUT2D eigenvalue weighted by Gasteiger charge is 2.12. The predicted octanol–water partition coefficient (Wildman–Crippen LogP) is 4.28. The molecule has 0 aromatic heterocycles. The van der Waals surface area contributed by atoms with Crippen LogP contribution >= 0.6 is 0 Å². The number of nitrogens with one attached hydrogen (secondary N) is 1. The van der Waals surface area contributed by atoms with Crippen molar-refractivity contribution in [2.24, 2.45) is 0 Å². The number of hydrogen-bond donors (Lipinski definition) is 1. The molecule has 0 unspecified atom stereocenters. The van der Waals surface area contributed by atoms with Crippen LogP contribution in [0.1, 0.15) is 28.7 Å². The summed E-state index contributed by atoms with van der Waals surface area (Å²) in [4.78, 5) is 0. The van der Waals surface area contributed by atoms with Gasteiger partial charge in [0, 0.05) is 12.2 Å². The van der Waals surface area contributed by atoms with Crippen LogP contribution in [0, 0.1) is 12.7 Å². The maximum atomic E-state index is 13.1. The lowest BCUT2D eigenvalue weighted by molar-refractivity contribution is 0.625. The Morgan fingerprint density at radius 2 is 1.95 bits per heavy atom. The van der Waals surface area contributed by atoms with Gasteiger partial charge in [-0.25, -0.2) is 4.39 Å². The Balaban J connectivity index is 1.78. The maximum Gasteiger partial charge on any atom is 0.123 e. The van der Waals surface area contributed by atoms with Crippen LogP contribution < -0.4 is 5.32 Å². The first-order valence-electron chi connectivity index (χ1n) is 7.34. The third-order valence-electron chi connectivity index (χ3n) is 4.13. The van der Waals surface area contributed by atoms with Gasteiger partial charge in [0.15, 0.2) is 0 Å². The lowest BCUT2D eigenvalue weighted by Gasteiger charge is -2.21. The molecule has 20 heavy (non-hydrogen) atoms. The van der Waals surface area contributed by atoms with Gasteiger partial charge in [-0.3, -0.25) is 0 Å². The second-order valence-corrected chi connectivity index (χ2v) is 5.55. The van der Waals surface area contributed by atoms with Crippen molar-refractivity contribution >= 4 is 5.69 Å². The van der Waals surface area contributed by atoms with Crippen LogP contribution in [0.25, 0.3) is 0 Å². The summed E-state index contributed by atoms with van der Waals surface area (Å²) in [7, 11) is 0. The largest absolute Gasteiger partial charge is 0.385 e. The van der Waals surface area contributed by atoms with Crippen LogP contribution in [0.5, 0.6) is 0 Å². The summed E-state index contributed by atoms with van der Waals surface area (Å²) in [5.74, 6) is -0.148. The normalized spacial score (nSPS) is 13.7. The van der Waals surface area contributed by atoms with Gasteiger partial charge in [-0.05, 0) is 67.0 Å². The molecule has 0 aliphatic carbocycles. The van der Waals surface area contributed by atoms with Gasteiger partial charge in [0.1, 0.15) is 5.82 Å². The van der Waals surface area contributed by atoms with E-state index in [1.165, 1.54) is 35.2 Å². The molecule has 1 nitrogen and oxygen atoms in total. The van der Waals surface area contributed by atoms with Crippen molar-refractivity contribution in [2.45, 2.75) is 32.6 Å². The first-order chi connectivity index (χ1) is 9.74. The Morgan fingerprint density at radius 1 is 1.10 bits per heavy atom. The van der Waals surface area contributed by atoms with Crippen molar-refractivity contribution in [1.82, 2.24) is 0 Å². The zero-order valence-electron chi connectivity index (χ0n) is 11.9. The van der Waals surface area contributed by atoms with Crippen LogP contribution in [0.4, 0.5) is 10.1 Å². The number of para-hydroxylation sites is 1. The van der Waals surface area contributed by atoms with Crippen molar-refractivity contribution in [3.8, 4) is 0 Å². The molecule has 0 amide bonds. The number of anilines is 1. The summed E-state index contributed by atoms with van der Waals surface area (Å²) in [6.45, 7) is 3.05. The highest BCUT2D eigenvalue weighted by atomic mass is 19.1. The summed E-state index contributed by atoms with van der Waals surface area (Å²) in [5.41, 5.74) is 6.43. The molecule has 2 aromatic carbocycles. The van der Waals surface area contributed by atoms with Crippen LogP contribution in [-0.4, -0.2) is 6.54 Å². The molecule has 1 N–H and O–H groups in total. The first-order valence-corrected chi connectivity index (χ1v) is 7.34. The van der Waals surface area contributed by atoms with Gasteiger partial charge in [-0.15, -0.1) is 0 Å². The summed E-state index contributed by atoms with van der Waals surface area (Å²) in [5, 5.41) is 3.53. The van der Waals surface area contributed by atoms with Crippen molar-refractivity contribution < 1.29 is 4.39 Å². The number of rotatable bonds is 3. The number of fused-ring (bicyclic) bond motifs is 1. The Kier molecular flexibility index (Phi) is 3.72. The lowest BCUT2D eigenvalue weighted by Crippen LogP contribution is -2.14. The van der Waals surface area contributed by atoms with Gasteiger partial charge < -0.3 is 5.32 Å².